The van der Waals surface area contributed by atoms with E-state index in [2.05, 4.69) is 21.2 Å². The fourth-order valence-electron chi connectivity index (χ4n) is 2.57. The number of furan rings is 1. The Morgan fingerprint density at radius 1 is 1.40 bits per heavy atom. The number of halogens is 1. The molecule has 2 N–H and O–H groups in total. The Labute approximate surface area is 125 Å². The van der Waals surface area contributed by atoms with Gasteiger partial charge in [-0.15, -0.1) is 0 Å². The van der Waals surface area contributed by atoms with E-state index in [1.807, 2.05) is 0 Å². The lowest BCUT2D eigenvalue weighted by atomic mass is 9.93. The van der Waals surface area contributed by atoms with Gasteiger partial charge < -0.3 is 14.8 Å². The highest BCUT2D eigenvalue weighted by atomic mass is 79.9. The monoisotopic (exact) mass is 341 g/mol. The van der Waals surface area contributed by atoms with Gasteiger partial charge in [0.25, 0.3) is 0 Å². The van der Waals surface area contributed by atoms with Crippen LogP contribution >= 0.6 is 15.9 Å². The zero-order valence-corrected chi connectivity index (χ0v) is 12.5. The van der Waals surface area contributed by atoms with Crippen LogP contribution in [-0.2, 0) is 9.59 Å². The van der Waals surface area contributed by atoms with Crippen LogP contribution in [0.2, 0.25) is 0 Å². The Kier molecular flexibility index (Phi) is 4.65. The summed E-state index contributed by atoms with van der Waals surface area (Å²) in [6.07, 6.45) is 6.22. The molecule has 0 bridgehead atoms. The van der Waals surface area contributed by atoms with E-state index in [-0.39, 0.29) is 12.3 Å². The number of aliphatic carboxylic acids is 1. The number of amides is 1. The molecule has 20 heavy (non-hydrogen) atoms. The minimum Gasteiger partial charge on any atom is -0.481 e. The number of hydrogen-bond acceptors (Lipinski definition) is 3. The van der Waals surface area contributed by atoms with Crippen molar-refractivity contribution in [1.29, 1.82) is 0 Å². The number of rotatable bonds is 5. The Morgan fingerprint density at radius 2 is 2.10 bits per heavy atom. The van der Waals surface area contributed by atoms with Crippen LogP contribution in [0.15, 0.2) is 27.3 Å². The van der Waals surface area contributed by atoms with E-state index in [0.29, 0.717) is 23.3 Å². The summed E-state index contributed by atoms with van der Waals surface area (Å²) in [4.78, 5) is 22.9. The lowest BCUT2D eigenvalue weighted by Crippen LogP contribution is -2.47. The maximum Gasteiger partial charge on any atom is 0.305 e. The summed E-state index contributed by atoms with van der Waals surface area (Å²) < 4.78 is 5.84. The highest BCUT2D eigenvalue weighted by Gasteiger charge is 2.36. The molecule has 0 spiro atoms. The van der Waals surface area contributed by atoms with E-state index < -0.39 is 11.5 Å². The van der Waals surface area contributed by atoms with Gasteiger partial charge >= 0.3 is 5.97 Å². The SMILES string of the molecule is O=C(O)CC1(NC(=O)C=Cc2ccc(Br)o2)CCCC1. The first-order valence-electron chi connectivity index (χ1n) is 6.46. The molecular weight excluding hydrogens is 326 g/mol. The van der Waals surface area contributed by atoms with E-state index in [9.17, 15) is 9.59 Å². The van der Waals surface area contributed by atoms with Gasteiger partial charge in [0.1, 0.15) is 5.76 Å². The van der Waals surface area contributed by atoms with E-state index in [0.717, 1.165) is 12.8 Å². The molecule has 6 heteroatoms. The molecule has 0 aromatic carbocycles. The lowest BCUT2D eigenvalue weighted by Gasteiger charge is -2.27. The first kappa shape index (κ1) is 14.8. The average Bonchev–Trinajstić information content (AvgIpc) is 2.95. The molecule has 0 unspecified atom stereocenters. The molecule has 0 aliphatic heterocycles. The zero-order valence-electron chi connectivity index (χ0n) is 10.9. The number of carbonyl (C=O) groups is 2. The number of hydrogen-bond donors (Lipinski definition) is 2. The third-order valence-corrected chi connectivity index (χ3v) is 3.86. The molecular formula is C14H16BrNO4. The van der Waals surface area contributed by atoms with Crippen LogP contribution in [0.4, 0.5) is 0 Å². The van der Waals surface area contributed by atoms with E-state index >= 15 is 0 Å². The second-order valence-electron chi connectivity index (χ2n) is 5.02. The highest BCUT2D eigenvalue weighted by molar-refractivity contribution is 9.10. The van der Waals surface area contributed by atoms with Gasteiger partial charge in [0.15, 0.2) is 4.67 Å². The molecule has 1 fully saturated rings. The van der Waals surface area contributed by atoms with E-state index in [1.54, 1.807) is 18.2 Å². The quantitative estimate of drug-likeness (QED) is 0.807. The van der Waals surface area contributed by atoms with Crippen molar-refractivity contribution in [3.8, 4) is 0 Å². The van der Waals surface area contributed by atoms with Crippen molar-refractivity contribution in [1.82, 2.24) is 5.32 Å². The molecule has 1 saturated carbocycles. The first-order valence-corrected chi connectivity index (χ1v) is 7.26. The average molecular weight is 342 g/mol. The second-order valence-corrected chi connectivity index (χ2v) is 5.80. The van der Waals surface area contributed by atoms with Gasteiger partial charge in [0, 0.05) is 6.08 Å². The van der Waals surface area contributed by atoms with Crippen LogP contribution in [0.3, 0.4) is 0 Å². The predicted molar refractivity (Wildman–Crippen MR) is 77.0 cm³/mol. The third-order valence-electron chi connectivity index (χ3n) is 3.43. The van der Waals surface area contributed by atoms with Crippen molar-refractivity contribution in [2.45, 2.75) is 37.6 Å². The van der Waals surface area contributed by atoms with E-state index in [1.165, 1.54) is 6.08 Å². The number of carbonyl (C=O) groups excluding carboxylic acids is 1. The van der Waals surface area contributed by atoms with Crippen LogP contribution in [0.1, 0.15) is 37.9 Å². The summed E-state index contributed by atoms with van der Waals surface area (Å²) in [7, 11) is 0. The molecule has 0 atom stereocenters. The van der Waals surface area contributed by atoms with Crippen LogP contribution in [0.25, 0.3) is 6.08 Å². The number of carboxylic acid groups (broad SMARTS) is 1. The maximum absolute atomic E-state index is 11.9. The van der Waals surface area contributed by atoms with Crippen LogP contribution < -0.4 is 5.32 Å². The fourth-order valence-corrected chi connectivity index (χ4v) is 2.88. The van der Waals surface area contributed by atoms with Gasteiger partial charge in [-0.05, 0) is 47.0 Å². The zero-order chi connectivity index (χ0) is 14.6. The summed E-state index contributed by atoms with van der Waals surface area (Å²) in [6, 6.07) is 3.47. The lowest BCUT2D eigenvalue weighted by molar-refractivity contribution is -0.139. The molecule has 5 nitrogen and oxygen atoms in total. The smallest absolute Gasteiger partial charge is 0.305 e. The summed E-state index contributed by atoms with van der Waals surface area (Å²) in [5, 5.41) is 11.8. The molecule has 1 aliphatic carbocycles. The molecule has 1 amide bonds. The third kappa shape index (κ3) is 3.96. The van der Waals surface area contributed by atoms with E-state index in [4.69, 9.17) is 9.52 Å². The van der Waals surface area contributed by atoms with Crippen molar-refractivity contribution in [2.75, 3.05) is 0 Å². The van der Waals surface area contributed by atoms with Gasteiger partial charge in [-0.1, -0.05) is 12.8 Å². The molecule has 1 heterocycles. The minimum atomic E-state index is -0.883. The topological polar surface area (TPSA) is 79.5 Å². The van der Waals surface area contributed by atoms with Crippen molar-refractivity contribution < 1.29 is 19.1 Å². The molecule has 1 aliphatic rings. The molecule has 1 aromatic rings. The van der Waals surface area contributed by atoms with Crippen molar-refractivity contribution in [2.24, 2.45) is 0 Å². The van der Waals surface area contributed by atoms with Gasteiger partial charge in [-0.3, -0.25) is 9.59 Å². The Hall–Kier alpha value is -1.56. The van der Waals surface area contributed by atoms with Gasteiger partial charge in [0.2, 0.25) is 5.91 Å². The standard InChI is InChI=1S/C14H16BrNO4/c15-11-5-3-10(20-11)4-6-12(17)16-14(9-13(18)19)7-1-2-8-14/h3-6H,1-2,7-9H2,(H,16,17)(H,18,19). The first-order chi connectivity index (χ1) is 9.49. The summed E-state index contributed by atoms with van der Waals surface area (Å²) in [6.45, 7) is 0. The highest BCUT2D eigenvalue weighted by Crippen LogP contribution is 2.32. The molecule has 108 valence electrons. The Balaban J connectivity index is 1.98. The largest absolute Gasteiger partial charge is 0.481 e. The molecule has 0 radical (unpaired) electrons. The summed E-state index contributed by atoms with van der Waals surface area (Å²) >= 11 is 3.18. The maximum atomic E-state index is 11.9. The Bertz CT molecular complexity index is 529. The fraction of sp³-hybridized carbons (Fsp3) is 0.429. The van der Waals surface area contributed by atoms with Gasteiger partial charge in [0.05, 0.1) is 12.0 Å². The van der Waals surface area contributed by atoms with Crippen molar-refractivity contribution in [3.05, 3.63) is 28.6 Å². The molecule has 1 aromatic heterocycles. The van der Waals surface area contributed by atoms with Gasteiger partial charge in [-0.2, -0.15) is 0 Å². The van der Waals surface area contributed by atoms with Crippen LogP contribution in [0, 0.1) is 0 Å². The number of nitrogens with one attached hydrogen (secondary N) is 1. The normalized spacial score (nSPS) is 17.4. The molecule has 0 saturated heterocycles. The summed E-state index contributed by atoms with van der Waals surface area (Å²) in [5.74, 6) is -0.613. The van der Waals surface area contributed by atoms with Gasteiger partial charge in [-0.25, -0.2) is 0 Å². The Morgan fingerprint density at radius 3 is 2.65 bits per heavy atom. The van der Waals surface area contributed by atoms with Crippen molar-refractivity contribution >= 4 is 33.9 Å². The molecule has 2 rings (SSSR count). The van der Waals surface area contributed by atoms with Crippen molar-refractivity contribution in [3.63, 3.8) is 0 Å². The second kappa shape index (κ2) is 6.26. The van der Waals surface area contributed by atoms with Crippen LogP contribution in [-0.4, -0.2) is 22.5 Å². The number of carboxylic acids is 1. The van der Waals surface area contributed by atoms with Crippen LogP contribution in [0.5, 0.6) is 0 Å². The summed E-state index contributed by atoms with van der Waals surface area (Å²) in [5.41, 5.74) is -0.600. The minimum absolute atomic E-state index is 0.0289. The predicted octanol–water partition coefficient (Wildman–Crippen LogP) is 2.96.